The van der Waals surface area contributed by atoms with E-state index in [0.29, 0.717) is 0 Å². The Bertz CT molecular complexity index is 829. The number of hydrogen-bond acceptors (Lipinski definition) is 0. The molecule has 0 unspecified atom stereocenters. The third kappa shape index (κ3) is 3.27. The summed E-state index contributed by atoms with van der Waals surface area (Å²) in [5.41, 5.74) is 7.04. The van der Waals surface area contributed by atoms with Crippen molar-refractivity contribution >= 4 is 0 Å². The van der Waals surface area contributed by atoms with Gasteiger partial charge in [0.05, 0.1) is 0 Å². The summed E-state index contributed by atoms with van der Waals surface area (Å²) in [5.74, 6) is 6.57. The summed E-state index contributed by atoms with van der Waals surface area (Å²) in [6.07, 6.45) is 0. The summed E-state index contributed by atoms with van der Waals surface area (Å²) >= 11 is 0. The van der Waals surface area contributed by atoms with Crippen molar-refractivity contribution in [2.75, 3.05) is 0 Å². The normalized spacial score (nSPS) is 9.91. The van der Waals surface area contributed by atoms with Crippen molar-refractivity contribution in [1.29, 1.82) is 0 Å². The molecule has 0 aromatic heterocycles. The molecule has 0 N–H and O–H groups in total. The van der Waals surface area contributed by atoms with E-state index in [9.17, 15) is 0 Å². The second-order valence-corrected chi connectivity index (χ2v) is 5.53. The van der Waals surface area contributed by atoms with E-state index in [1.54, 1.807) is 0 Å². The van der Waals surface area contributed by atoms with Gasteiger partial charge in [0.15, 0.2) is 0 Å². The zero-order valence-corrected chi connectivity index (χ0v) is 12.9. The van der Waals surface area contributed by atoms with Gasteiger partial charge in [0.2, 0.25) is 0 Å². The Morgan fingerprint density at radius 1 is 0.636 bits per heavy atom. The van der Waals surface area contributed by atoms with Crippen LogP contribution in [-0.4, -0.2) is 0 Å². The van der Waals surface area contributed by atoms with Crippen LogP contribution < -0.4 is 0 Å². The monoisotopic (exact) mass is 282 g/mol. The van der Waals surface area contributed by atoms with Crippen LogP contribution in [0.3, 0.4) is 0 Å². The summed E-state index contributed by atoms with van der Waals surface area (Å²) < 4.78 is 0. The van der Waals surface area contributed by atoms with Gasteiger partial charge in [-0.2, -0.15) is 0 Å². The lowest BCUT2D eigenvalue weighted by atomic mass is 9.97. The molecule has 0 amide bonds. The lowest BCUT2D eigenvalue weighted by Crippen LogP contribution is -1.87. The standard InChI is InChI=1S/C22H18/c1-17-8-12-20(13-9-17)22-16-18(2)10-14-21(22)15-11-19-6-4-3-5-7-19/h3-10,12-14,16H,1-2H3. The van der Waals surface area contributed by atoms with Crippen LogP contribution in [0.15, 0.2) is 72.8 Å². The fraction of sp³-hybridized carbons (Fsp3) is 0.0909. The van der Waals surface area contributed by atoms with E-state index in [4.69, 9.17) is 0 Å². The quantitative estimate of drug-likeness (QED) is 0.526. The second-order valence-electron chi connectivity index (χ2n) is 5.53. The molecule has 3 rings (SSSR count). The maximum absolute atomic E-state index is 3.32. The third-order valence-electron chi connectivity index (χ3n) is 3.65. The van der Waals surface area contributed by atoms with Crippen molar-refractivity contribution in [2.24, 2.45) is 0 Å². The second kappa shape index (κ2) is 6.33. The largest absolute Gasteiger partial charge is 0.0622 e. The number of aryl methyl sites for hydroxylation is 2. The van der Waals surface area contributed by atoms with Gasteiger partial charge in [-0.1, -0.05) is 77.6 Å². The summed E-state index contributed by atoms with van der Waals surface area (Å²) in [6, 6.07) is 25.2. The minimum absolute atomic E-state index is 1.04. The van der Waals surface area contributed by atoms with Crippen LogP contribution in [0, 0.1) is 25.7 Å². The molecular weight excluding hydrogens is 264 g/mol. The Kier molecular flexibility index (Phi) is 4.08. The molecule has 0 radical (unpaired) electrons. The number of benzene rings is 3. The van der Waals surface area contributed by atoms with E-state index in [1.807, 2.05) is 30.3 Å². The van der Waals surface area contributed by atoms with Gasteiger partial charge >= 0.3 is 0 Å². The highest BCUT2D eigenvalue weighted by atomic mass is 14.1. The van der Waals surface area contributed by atoms with E-state index < -0.39 is 0 Å². The molecule has 0 aliphatic rings. The van der Waals surface area contributed by atoms with Gasteiger partial charge in [-0.3, -0.25) is 0 Å². The van der Waals surface area contributed by atoms with Crippen LogP contribution in [0.25, 0.3) is 11.1 Å². The first-order valence-electron chi connectivity index (χ1n) is 7.47. The van der Waals surface area contributed by atoms with Gasteiger partial charge < -0.3 is 0 Å². The van der Waals surface area contributed by atoms with Gasteiger partial charge in [0.25, 0.3) is 0 Å². The Morgan fingerprint density at radius 3 is 2.05 bits per heavy atom. The lowest BCUT2D eigenvalue weighted by Gasteiger charge is -2.07. The molecule has 0 bridgehead atoms. The maximum atomic E-state index is 3.32. The summed E-state index contributed by atoms with van der Waals surface area (Å²) in [6.45, 7) is 4.22. The average molecular weight is 282 g/mol. The molecule has 0 aliphatic heterocycles. The molecule has 3 aromatic rings. The Labute approximate surface area is 132 Å². The first-order chi connectivity index (χ1) is 10.7. The molecule has 0 atom stereocenters. The van der Waals surface area contributed by atoms with Crippen molar-refractivity contribution in [1.82, 2.24) is 0 Å². The molecular formula is C22H18. The topological polar surface area (TPSA) is 0 Å². The molecule has 0 saturated heterocycles. The highest BCUT2D eigenvalue weighted by molar-refractivity contribution is 5.72. The molecule has 0 aliphatic carbocycles. The third-order valence-corrected chi connectivity index (χ3v) is 3.65. The van der Waals surface area contributed by atoms with Crippen molar-refractivity contribution in [2.45, 2.75) is 13.8 Å². The van der Waals surface area contributed by atoms with E-state index in [-0.39, 0.29) is 0 Å². The Balaban J connectivity index is 2.05. The minimum Gasteiger partial charge on any atom is -0.0622 e. The number of hydrogen-bond donors (Lipinski definition) is 0. The maximum Gasteiger partial charge on any atom is 0.0327 e. The van der Waals surface area contributed by atoms with Crippen molar-refractivity contribution in [3.63, 3.8) is 0 Å². The molecule has 22 heavy (non-hydrogen) atoms. The highest BCUT2D eigenvalue weighted by Gasteiger charge is 2.03. The molecule has 0 saturated carbocycles. The molecule has 106 valence electrons. The van der Waals surface area contributed by atoms with Crippen molar-refractivity contribution < 1.29 is 0 Å². The molecule has 0 spiro atoms. The van der Waals surface area contributed by atoms with Gasteiger partial charge in [-0.25, -0.2) is 0 Å². The SMILES string of the molecule is Cc1ccc(-c2cc(C)ccc2C#Cc2ccccc2)cc1. The zero-order chi connectivity index (χ0) is 15.4. The van der Waals surface area contributed by atoms with Gasteiger partial charge in [-0.15, -0.1) is 0 Å². The van der Waals surface area contributed by atoms with Gasteiger partial charge in [0, 0.05) is 11.1 Å². The zero-order valence-electron chi connectivity index (χ0n) is 12.9. The molecule has 0 heteroatoms. The van der Waals surface area contributed by atoms with Gasteiger partial charge in [-0.05, 0) is 43.2 Å². The molecule has 0 nitrogen and oxygen atoms in total. The van der Waals surface area contributed by atoms with Crippen molar-refractivity contribution in [3.05, 3.63) is 95.1 Å². The Morgan fingerprint density at radius 2 is 1.32 bits per heavy atom. The molecule has 3 aromatic carbocycles. The van der Waals surface area contributed by atoms with Crippen molar-refractivity contribution in [3.8, 4) is 23.0 Å². The van der Waals surface area contributed by atoms with Crippen LogP contribution in [-0.2, 0) is 0 Å². The first-order valence-corrected chi connectivity index (χ1v) is 7.47. The van der Waals surface area contributed by atoms with Crippen LogP contribution in [0.1, 0.15) is 22.3 Å². The van der Waals surface area contributed by atoms with E-state index >= 15 is 0 Å². The van der Waals surface area contributed by atoms with Crippen LogP contribution in [0.4, 0.5) is 0 Å². The van der Waals surface area contributed by atoms with Gasteiger partial charge in [0.1, 0.15) is 0 Å². The van der Waals surface area contributed by atoms with Crippen LogP contribution in [0.2, 0.25) is 0 Å². The number of rotatable bonds is 1. The van der Waals surface area contributed by atoms with E-state index in [1.165, 1.54) is 22.3 Å². The Hall–Kier alpha value is -2.78. The fourth-order valence-corrected chi connectivity index (χ4v) is 2.40. The predicted molar refractivity (Wildman–Crippen MR) is 93.8 cm³/mol. The lowest BCUT2D eigenvalue weighted by molar-refractivity contribution is 1.43. The summed E-state index contributed by atoms with van der Waals surface area (Å²) in [4.78, 5) is 0. The fourth-order valence-electron chi connectivity index (χ4n) is 2.40. The van der Waals surface area contributed by atoms with Crippen LogP contribution in [0.5, 0.6) is 0 Å². The summed E-state index contributed by atoms with van der Waals surface area (Å²) in [5, 5.41) is 0. The first kappa shape index (κ1) is 14.2. The summed E-state index contributed by atoms with van der Waals surface area (Å²) in [7, 11) is 0. The molecule has 0 heterocycles. The minimum atomic E-state index is 1.04. The van der Waals surface area contributed by atoms with E-state index in [2.05, 4.69) is 68.2 Å². The highest BCUT2D eigenvalue weighted by Crippen LogP contribution is 2.25. The molecule has 0 fully saturated rings. The average Bonchev–Trinajstić information content (AvgIpc) is 2.55. The van der Waals surface area contributed by atoms with E-state index in [0.717, 1.165) is 11.1 Å². The predicted octanol–water partition coefficient (Wildman–Crippen LogP) is 5.37. The smallest absolute Gasteiger partial charge is 0.0327 e. The van der Waals surface area contributed by atoms with Crippen LogP contribution >= 0.6 is 0 Å².